The van der Waals surface area contributed by atoms with Crippen LogP contribution in [0.25, 0.3) is 11.0 Å². The van der Waals surface area contributed by atoms with Gasteiger partial charge in [-0.05, 0) is 43.9 Å². The average molecular weight is 295 g/mol. The molecule has 1 saturated heterocycles. The topological polar surface area (TPSA) is 37.9 Å². The number of hydrogen-bond donors (Lipinski definition) is 1. The molecule has 1 N–H and O–H groups in total. The smallest absolute Gasteiger partial charge is 0.136 e. The van der Waals surface area contributed by atoms with Crippen molar-refractivity contribution in [2.45, 2.75) is 32.3 Å². The molecule has 90 valence electrons. The van der Waals surface area contributed by atoms with E-state index in [1.54, 1.807) is 0 Å². The van der Waals surface area contributed by atoms with Crippen LogP contribution in [0.1, 0.15) is 36.8 Å². The minimum atomic E-state index is 0.148. The number of ether oxygens (including phenoxy) is 1. The van der Waals surface area contributed by atoms with E-state index in [-0.39, 0.29) is 6.10 Å². The number of aromatic nitrogens is 2. The highest BCUT2D eigenvalue weighted by atomic mass is 79.9. The van der Waals surface area contributed by atoms with E-state index in [1.807, 2.05) is 0 Å². The summed E-state index contributed by atoms with van der Waals surface area (Å²) in [4.78, 5) is 8.06. The number of rotatable bonds is 1. The van der Waals surface area contributed by atoms with Crippen LogP contribution in [0.5, 0.6) is 0 Å². The van der Waals surface area contributed by atoms with Crippen LogP contribution < -0.4 is 0 Å². The molecule has 2 heterocycles. The van der Waals surface area contributed by atoms with Gasteiger partial charge in [-0.1, -0.05) is 15.9 Å². The molecule has 1 aliphatic heterocycles. The molecule has 1 aromatic heterocycles. The Kier molecular flexibility index (Phi) is 2.92. The summed E-state index contributed by atoms with van der Waals surface area (Å²) in [5.74, 6) is 0.973. The minimum absolute atomic E-state index is 0.148. The molecule has 0 spiro atoms. The number of benzene rings is 1. The van der Waals surface area contributed by atoms with Gasteiger partial charge < -0.3 is 9.72 Å². The van der Waals surface area contributed by atoms with E-state index in [2.05, 4.69) is 45.0 Å². The second kappa shape index (κ2) is 4.42. The molecule has 0 amide bonds. The molecular formula is C13H15BrN2O. The zero-order valence-corrected chi connectivity index (χ0v) is 11.4. The first-order valence-electron chi connectivity index (χ1n) is 6.02. The molecular weight excluding hydrogens is 280 g/mol. The van der Waals surface area contributed by atoms with Crippen molar-refractivity contribution in [2.24, 2.45) is 0 Å². The molecule has 4 heteroatoms. The lowest BCUT2D eigenvalue weighted by Gasteiger charge is -2.20. The molecule has 0 radical (unpaired) electrons. The van der Waals surface area contributed by atoms with Gasteiger partial charge in [0.2, 0.25) is 0 Å². The summed E-state index contributed by atoms with van der Waals surface area (Å²) < 4.78 is 6.86. The molecule has 17 heavy (non-hydrogen) atoms. The van der Waals surface area contributed by atoms with Crippen LogP contribution in [-0.4, -0.2) is 16.6 Å². The fourth-order valence-corrected chi connectivity index (χ4v) is 2.64. The molecule has 0 bridgehead atoms. The zero-order valence-electron chi connectivity index (χ0n) is 9.79. The summed E-state index contributed by atoms with van der Waals surface area (Å²) >= 11 is 3.54. The van der Waals surface area contributed by atoms with Gasteiger partial charge in [0, 0.05) is 11.1 Å². The Bertz CT molecular complexity index is 544. The predicted octanol–water partition coefficient (Wildman–Crippen LogP) is 3.88. The molecule has 1 fully saturated rings. The van der Waals surface area contributed by atoms with Crippen molar-refractivity contribution < 1.29 is 4.74 Å². The maximum Gasteiger partial charge on any atom is 0.136 e. The summed E-state index contributed by atoms with van der Waals surface area (Å²) in [6, 6.07) is 4.12. The third-order valence-electron chi connectivity index (χ3n) is 3.34. The highest BCUT2D eigenvalue weighted by molar-refractivity contribution is 9.10. The molecule has 2 aromatic rings. The number of halogens is 1. The van der Waals surface area contributed by atoms with Gasteiger partial charge in [0.15, 0.2) is 0 Å². The summed E-state index contributed by atoms with van der Waals surface area (Å²) in [5, 5.41) is 0. The first-order valence-corrected chi connectivity index (χ1v) is 6.81. The van der Waals surface area contributed by atoms with Gasteiger partial charge in [0.25, 0.3) is 0 Å². The van der Waals surface area contributed by atoms with Gasteiger partial charge >= 0.3 is 0 Å². The second-order valence-electron chi connectivity index (χ2n) is 4.55. The summed E-state index contributed by atoms with van der Waals surface area (Å²) in [6.07, 6.45) is 3.61. The first-order chi connectivity index (χ1) is 8.25. The number of imidazole rings is 1. The third kappa shape index (κ3) is 2.00. The van der Waals surface area contributed by atoms with Crippen molar-refractivity contribution in [3.8, 4) is 0 Å². The highest BCUT2D eigenvalue weighted by Gasteiger charge is 2.20. The number of fused-ring (bicyclic) bond motifs is 1. The summed E-state index contributed by atoms with van der Waals surface area (Å²) in [6.45, 7) is 2.93. The Hall–Kier alpha value is -0.870. The SMILES string of the molecule is Cc1c(Br)ccc2[nH]c(C3CCCCO3)nc12. The molecule has 0 saturated carbocycles. The Labute approximate surface area is 109 Å². The Morgan fingerprint density at radius 3 is 3.06 bits per heavy atom. The van der Waals surface area contributed by atoms with Crippen LogP contribution in [0.15, 0.2) is 16.6 Å². The predicted molar refractivity (Wildman–Crippen MR) is 71.1 cm³/mol. The Morgan fingerprint density at radius 2 is 2.29 bits per heavy atom. The normalized spacial score (nSPS) is 20.9. The van der Waals surface area contributed by atoms with E-state index in [0.29, 0.717) is 0 Å². The van der Waals surface area contributed by atoms with Gasteiger partial charge in [-0.2, -0.15) is 0 Å². The number of aromatic amines is 1. The number of aryl methyl sites for hydroxylation is 1. The standard InChI is InChI=1S/C13H15BrN2O/c1-8-9(14)5-6-10-12(8)16-13(15-10)11-4-2-3-7-17-11/h5-6,11H,2-4,7H2,1H3,(H,15,16). The van der Waals surface area contributed by atoms with Crippen molar-refractivity contribution in [2.75, 3.05) is 6.61 Å². The molecule has 1 aliphatic rings. The van der Waals surface area contributed by atoms with Crippen LogP contribution >= 0.6 is 15.9 Å². The zero-order chi connectivity index (χ0) is 11.8. The number of nitrogens with zero attached hydrogens (tertiary/aromatic N) is 1. The monoisotopic (exact) mass is 294 g/mol. The highest BCUT2D eigenvalue weighted by Crippen LogP contribution is 2.30. The van der Waals surface area contributed by atoms with E-state index in [9.17, 15) is 0 Å². The van der Waals surface area contributed by atoms with E-state index < -0.39 is 0 Å². The van der Waals surface area contributed by atoms with E-state index in [1.165, 1.54) is 18.4 Å². The van der Waals surface area contributed by atoms with Crippen LogP contribution in [0.3, 0.4) is 0 Å². The van der Waals surface area contributed by atoms with E-state index >= 15 is 0 Å². The van der Waals surface area contributed by atoms with Crippen molar-refractivity contribution >= 4 is 27.0 Å². The largest absolute Gasteiger partial charge is 0.370 e. The number of H-pyrrole nitrogens is 1. The molecule has 1 atom stereocenters. The first kappa shape index (κ1) is 11.2. The number of hydrogen-bond acceptors (Lipinski definition) is 2. The average Bonchev–Trinajstić information content (AvgIpc) is 2.80. The molecule has 0 aliphatic carbocycles. The molecule has 1 aromatic carbocycles. The van der Waals surface area contributed by atoms with Crippen molar-refractivity contribution in [3.05, 3.63) is 28.0 Å². The summed E-state index contributed by atoms with van der Waals surface area (Å²) in [7, 11) is 0. The van der Waals surface area contributed by atoms with E-state index in [4.69, 9.17) is 4.74 Å². The third-order valence-corrected chi connectivity index (χ3v) is 4.20. The van der Waals surface area contributed by atoms with Crippen molar-refractivity contribution in [1.82, 2.24) is 9.97 Å². The van der Waals surface area contributed by atoms with Crippen molar-refractivity contribution in [3.63, 3.8) is 0 Å². The van der Waals surface area contributed by atoms with Gasteiger partial charge in [-0.25, -0.2) is 4.98 Å². The van der Waals surface area contributed by atoms with Gasteiger partial charge in [-0.15, -0.1) is 0 Å². The lowest BCUT2D eigenvalue weighted by atomic mass is 10.1. The van der Waals surface area contributed by atoms with Gasteiger partial charge in [0.05, 0.1) is 11.0 Å². The quantitative estimate of drug-likeness (QED) is 0.867. The van der Waals surface area contributed by atoms with Crippen molar-refractivity contribution in [1.29, 1.82) is 0 Å². The van der Waals surface area contributed by atoms with Crippen LogP contribution in [0.4, 0.5) is 0 Å². The maximum absolute atomic E-state index is 5.76. The second-order valence-corrected chi connectivity index (χ2v) is 5.40. The van der Waals surface area contributed by atoms with Crippen LogP contribution in [-0.2, 0) is 4.74 Å². The lowest BCUT2D eigenvalue weighted by molar-refractivity contribution is 0.0101. The fraction of sp³-hybridized carbons (Fsp3) is 0.462. The van der Waals surface area contributed by atoms with Crippen LogP contribution in [0, 0.1) is 6.92 Å². The summed E-state index contributed by atoms with van der Waals surface area (Å²) in [5.41, 5.74) is 3.32. The maximum atomic E-state index is 5.76. The number of nitrogens with one attached hydrogen (secondary N) is 1. The Morgan fingerprint density at radius 1 is 1.41 bits per heavy atom. The molecule has 3 rings (SSSR count). The fourth-order valence-electron chi connectivity index (χ4n) is 2.32. The molecule has 1 unspecified atom stereocenters. The van der Waals surface area contributed by atoms with E-state index in [0.717, 1.165) is 34.4 Å². The van der Waals surface area contributed by atoms with Gasteiger partial charge in [0.1, 0.15) is 11.9 Å². The van der Waals surface area contributed by atoms with Crippen LogP contribution in [0.2, 0.25) is 0 Å². The Balaban J connectivity index is 2.04. The minimum Gasteiger partial charge on any atom is -0.370 e. The molecule has 3 nitrogen and oxygen atoms in total. The van der Waals surface area contributed by atoms with Gasteiger partial charge in [-0.3, -0.25) is 0 Å². The lowest BCUT2D eigenvalue weighted by Crippen LogP contribution is -2.12.